The van der Waals surface area contributed by atoms with Gasteiger partial charge in [-0.3, -0.25) is 4.79 Å². The zero-order valence-corrected chi connectivity index (χ0v) is 20.0. The van der Waals surface area contributed by atoms with Crippen LogP contribution in [0.5, 0.6) is 0 Å². The van der Waals surface area contributed by atoms with Gasteiger partial charge in [0.1, 0.15) is 17.5 Å². The van der Waals surface area contributed by atoms with Gasteiger partial charge in [0.05, 0.1) is 23.2 Å². The van der Waals surface area contributed by atoms with Crippen molar-refractivity contribution in [3.63, 3.8) is 0 Å². The number of nitrogens with one attached hydrogen (secondary N) is 3. The lowest BCUT2D eigenvalue weighted by Crippen LogP contribution is -2.45. The number of hydrogen-bond acceptors (Lipinski definition) is 5. The molecule has 0 spiro atoms. The topological polar surface area (TPSA) is 86.3 Å². The van der Waals surface area contributed by atoms with Crippen LogP contribution in [0.4, 0.5) is 20.3 Å². The van der Waals surface area contributed by atoms with Crippen LogP contribution < -0.4 is 16.0 Å². The van der Waals surface area contributed by atoms with Gasteiger partial charge in [-0.15, -0.1) is 0 Å². The maximum Gasteiger partial charge on any atom is 0.313 e. The van der Waals surface area contributed by atoms with Gasteiger partial charge in [-0.05, 0) is 49.1 Å². The number of carbonyl (C=O) groups is 1. The van der Waals surface area contributed by atoms with Crippen molar-refractivity contribution >= 4 is 17.5 Å². The third kappa shape index (κ3) is 5.12. The second-order valence-corrected chi connectivity index (χ2v) is 9.51. The Morgan fingerprint density at radius 2 is 1.91 bits per heavy atom. The molecule has 35 heavy (non-hydrogen) atoms. The van der Waals surface area contributed by atoms with Crippen molar-refractivity contribution < 1.29 is 18.7 Å². The summed E-state index contributed by atoms with van der Waals surface area (Å²) in [7, 11) is 0. The summed E-state index contributed by atoms with van der Waals surface area (Å²) in [6.45, 7) is 5.71. The van der Waals surface area contributed by atoms with E-state index < -0.39 is 23.0 Å². The first-order valence-corrected chi connectivity index (χ1v) is 11.6. The average molecular weight is 481 g/mol. The normalized spacial score (nSPS) is 17.0. The molecule has 1 aromatic heterocycles. The van der Waals surface area contributed by atoms with Crippen LogP contribution in [0.2, 0.25) is 0 Å². The van der Waals surface area contributed by atoms with Gasteiger partial charge < -0.3 is 21.1 Å². The third-order valence-corrected chi connectivity index (χ3v) is 6.67. The van der Waals surface area contributed by atoms with Crippen LogP contribution in [0.3, 0.4) is 0 Å². The summed E-state index contributed by atoms with van der Waals surface area (Å²) < 4.78 is 29.3. The van der Waals surface area contributed by atoms with E-state index in [2.05, 4.69) is 20.9 Å². The van der Waals surface area contributed by atoms with Crippen molar-refractivity contribution in [3.05, 3.63) is 89.1 Å². The van der Waals surface area contributed by atoms with Crippen LogP contribution in [0.1, 0.15) is 49.4 Å². The Morgan fingerprint density at radius 1 is 1.17 bits per heavy atom. The Kier molecular flexibility index (Phi) is 7.03. The number of rotatable bonds is 8. The van der Waals surface area contributed by atoms with E-state index in [1.54, 1.807) is 6.20 Å². The first kappa shape index (κ1) is 24.6. The summed E-state index contributed by atoms with van der Waals surface area (Å²) in [5.41, 5.74) is 0.756. The van der Waals surface area contributed by atoms with E-state index in [0.717, 1.165) is 23.1 Å². The molecule has 6 nitrogen and oxygen atoms in total. The fourth-order valence-electron chi connectivity index (χ4n) is 4.41. The van der Waals surface area contributed by atoms with Crippen LogP contribution in [0.25, 0.3) is 0 Å². The van der Waals surface area contributed by atoms with Crippen LogP contribution in [0, 0.1) is 11.6 Å². The molecule has 0 saturated carbocycles. The van der Waals surface area contributed by atoms with Gasteiger partial charge in [-0.25, -0.2) is 13.8 Å². The quantitative estimate of drug-likeness (QED) is 0.361. The maximum atomic E-state index is 14.8. The molecule has 0 amide bonds. The minimum atomic E-state index is -1.48. The van der Waals surface area contributed by atoms with E-state index in [4.69, 9.17) is 0 Å². The van der Waals surface area contributed by atoms with Crippen molar-refractivity contribution in [1.82, 2.24) is 10.3 Å². The summed E-state index contributed by atoms with van der Waals surface area (Å²) in [4.78, 5) is 16.1. The van der Waals surface area contributed by atoms with E-state index in [9.17, 15) is 18.7 Å². The Hall–Kier alpha value is -3.52. The summed E-state index contributed by atoms with van der Waals surface area (Å²) in [5, 5.41) is 20.0. The summed E-state index contributed by atoms with van der Waals surface area (Å²) in [6.07, 6.45) is 1.73. The van der Waals surface area contributed by atoms with Gasteiger partial charge in [0, 0.05) is 30.9 Å². The Balaban J connectivity index is 1.58. The number of nitrogens with zero attached hydrogens (tertiary/aromatic N) is 1. The second kappa shape index (κ2) is 10.00. The predicted octanol–water partition coefficient (Wildman–Crippen LogP) is 5.06. The van der Waals surface area contributed by atoms with E-state index in [-0.39, 0.29) is 29.1 Å². The van der Waals surface area contributed by atoms with Crippen molar-refractivity contribution in [2.24, 2.45) is 0 Å². The number of carboxylic acid groups (broad SMARTS) is 1. The lowest BCUT2D eigenvalue weighted by molar-refractivity contribution is -0.142. The lowest BCUT2D eigenvalue weighted by atomic mass is 9.82. The van der Waals surface area contributed by atoms with E-state index in [1.165, 1.54) is 19.9 Å². The molecule has 1 aliphatic rings. The Morgan fingerprint density at radius 3 is 2.63 bits per heavy atom. The molecule has 8 heteroatoms. The number of carboxylic acids is 1. The zero-order chi connectivity index (χ0) is 25.2. The average Bonchev–Trinajstić information content (AvgIpc) is 2.84. The number of anilines is 2. The molecule has 4 N–H and O–H groups in total. The number of benzene rings is 2. The highest BCUT2D eigenvalue weighted by molar-refractivity contribution is 5.80. The molecule has 1 aliphatic heterocycles. The predicted molar refractivity (Wildman–Crippen MR) is 133 cm³/mol. The molecule has 4 rings (SSSR count). The van der Waals surface area contributed by atoms with Crippen molar-refractivity contribution in [2.75, 3.05) is 23.7 Å². The van der Waals surface area contributed by atoms with E-state index in [0.29, 0.717) is 13.1 Å². The van der Waals surface area contributed by atoms with Gasteiger partial charge in [-0.2, -0.15) is 0 Å². The standard InChI is InChI=1S/C27H30F2N4O2/c1-16(18-12-19(21(29)13-20(18)28)27(2,3)26(34)35)14-32-24(17-8-5-4-6-9-17)23-15-31-22-10-7-11-30-25(22)33-23/h4-13,16,23-24,31-32H,14-15H2,1-3H3,(H,30,33)(H,34,35)/t16-,23+,24+/m0/s1. The SMILES string of the molecule is C[C@@H](CN[C@H](c1ccccc1)[C@H]1CNc2cccnc2N1)c1cc(C(C)(C)C(=O)O)c(F)cc1F. The van der Waals surface area contributed by atoms with E-state index >= 15 is 0 Å². The maximum absolute atomic E-state index is 14.8. The number of aliphatic carboxylic acids is 1. The van der Waals surface area contributed by atoms with Crippen LogP contribution in [-0.2, 0) is 10.2 Å². The molecule has 0 fully saturated rings. The first-order chi connectivity index (χ1) is 16.7. The number of fused-ring (bicyclic) bond motifs is 1. The van der Waals surface area contributed by atoms with Crippen molar-refractivity contribution in [3.8, 4) is 0 Å². The molecule has 2 aromatic carbocycles. The largest absolute Gasteiger partial charge is 0.481 e. The van der Waals surface area contributed by atoms with Gasteiger partial charge in [0.15, 0.2) is 0 Å². The number of hydrogen-bond donors (Lipinski definition) is 4. The third-order valence-electron chi connectivity index (χ3n) is 6.67. The fourth-order valence-corrected chi connectivity index (χ4v) is 4.41. The number of aromatic nitrogens is 1. The lowest BCUT2D eigenvalue weighted by Gasteiger charge is -2.35. The Labute approximate surface area is 203 Å². The summed E-state index contributed by atoms with van der Waals surface area (Å²) in [6, 6.07) is 15.8. The van der Waals surface area contributed by atoms with E-state index in [1.807, 2.05) is 49.4 Å². The molecular formula is C27H30F2N4O2. The molecule has 0 unspecified atom stereocenters. The molecule has 2 heterocycles. The fraction of sp³-hybridized carbons (Fsp3) is 0.333. The molecule has 0 bridgehead atoms. The number of pyridine rings is 1. The highest BCUT2D eigenvalue weighted by Crippen LogP contribution is 2.32. The summed E-state index contributed by atoms with van der Waals surface area (Å²) >= 11 is 0. The van der Waals surface area contributed by atoms with Gasteiger partial charge >= 0.3 is 5.97 Å². The van der Waals surface area contributed by atoms with Gasteiger partial charge in [0.2, 0.25) is 0 Å². The molecule has 0 radical (unpaired) electrons. The zero-order valence-electron chi connectivity index (χ0n) is 20.0. The molecule has 184 valence electrons. The first-order valence-electron chi connectivity index (χ1n) is 11.6. The van der Waals surface area contributed by atoms with Crippen molar-refractivity contribution in [2.45, 2.75) is 44.2 Å². The molecule has 0 saturated heterocycles. The van der Waals surface area contributed by atoms with Crippen LogP contribution in [0.15, 0.2) is 60.8 Å². The number of halogens is 2. The molecule has 0 aliphatic carbocycles. The second-order valence-electron chi connectivity index (χ2n) is 9.51. The summed E-state index contributed by atoms with van der Waals surface area (Å²) in [5.74, 6) is -2.29. The molecular weight excluding hydrogens is 450 g/mol. The highest BCUT2D eigenvalue weighted by Gasteiger charge is 2.34. The van der Waals surface area contributed by atoms with Gasteiger partial charge in [0.25, 0.3) is 0 Å². The van der Waals surface area contributed by atoms with Gasteiger partial charge in [-0.1, -0.05) is 37.3 Å². The van der Waals surface area contributed by atoms with Crippen LogP contribution >= 0.6 is 0 Å². The van der Waals surface area contributed by atoms with Crippen molar-refractivity contribution in [1.29, 1.82) is 0 Å². The minimum absolute atomic E-state index is 0.0336. The minimum Gasteiger partial charge on any atom is -0.481 e. The van der Waals surface area contributed by atoms with Crippen LogP contribution in [-0.4, -0.2) is 35.2 Å². The Bertz CT molecular complexity index is 1200. The highest BCUT2D eigenvalue weighted by atomic mass is 19.1. The molecule has 3 atom stereocenters. The monoisotopic (exact) mass is 480 g/mol. The molecule has 3 aromatic rings. The smallest absolute Gasteiger partial charge is 0.313 e.